The predicted octanol–water partition coefficient (Wildman–Crippen LogP) is 3.13. The van der Waals surface area contributed by atoms with Crippen molar-refractivity contribution in [3.63, 3.8) is 0 Å². The van der Waals surface area contributed by atoms with E-state index in [1.165, 1.54) is 0 Å². The number of hydrazone groups is 1. The van der Waals surface area contributed by atoms with Crippen molar-refractivity contribution < 1.29 is 4.74 Å². The zero-order valence-corrected chi connectivity index (χ0v) is 11.5. The van der Waals surface area contributed by atoms with Gasteiger partial charge in [0.2, 0.25) is 0 Å². The molecule has 21 heavy (non-hydrogen) atoms. The molecule has 1 aliphatic heterocycles. The second-order valence-corrected chi connectivity index (χ2v) is 4.88. The summed E-state index contributed by atoms with van der Waals surface area (Å²) in [6.45, 7) is 0. The molecule has 0 spiro atoms. The van der Waals surface area contributed by atoms with Gasteiger partial charge in [0.05, 0.1) is 12.8 Å². The minimum atomic E-state index is 0.784. The van der Waals surface area contributed by atoms with Crippen molar-refractivity contribution in [2.24, 2.45) is 10.1 Å². The van der Waals surface area contributed by atoms with E-state index in [9.17, 15) is 0 Å². The summed E-state index contributed by atoms with van der Waals surface area (Å²) < 4.78 is 5.27. The lowest BCUT2D eigenvalue weighted by Gasteiger charge is -2.02. The van der Waals surface area contributed by atoms with Gasteiger partial charge in [-0.05, 0) is 42.0 Å². The molecule has 0 unspecified atom stereocenters. The van der Waals surface area contributed by atoms with Gasteiger partial charge in [-0.3, -0.25) is 5.43 Å². The summed E-state index contributed by atoms with van der Waals surface area (Å²) in [4.78, 5) is 4.62. The lowest BCUT2D eigenvalue weighted by atomic mass is 10.1. The number of benzene rings is 2. The zero-order valence-electron chi connectivity index (χ0n) is 11.5. The van der Waals surface area contributed by atoms with Crippen LogP contribution in [0, 0.1) is 0 Å². The summed E-state index contributed by atoms with van der Waals surface area (Å²) >= 11 is 0. The molecule has 2 aromatic rings. The van der Waals surface area contributed by atoms with Crippen molar-refractivity contribution in [3.05, 3.63) is 65.2 Å². The molecule has 2 aliphatic rings. The molecule has 2 aromatic carbocycles. The first-order valence-corrected chi connectivity index (χ1v) is 6.73. The Hall–Kier alpha value is -2.88. The van der Waals surface area contributed by atoms with Crippen LogP contribution in [0.1, 0.15) is 11.1 Å². The molecule has 0 saturated carbocycles. The van der Waals surface area contributed by atoms with E-state index in [2.05, 4.69) is 21.6 Å². The summed E-state index contributed by atoms with van der Waals surface area (Å²) in [5, 5.41) is 4.40. The van der Waals surface area contributed by atoms with Gasteiger partial charge in [0.25, 0.3) is 0 Å². The Morgan fingerprint density at radius 2 is 1.95 bits per heavy atom. The van der Waals surface area contributed by atoms with Crippen LogP contribution in [-0.4, -0.2) is 18.7 Å². The molecular weight excluding hydrogens is 262 g/mol. The lowest BCUT2D eigenvalue weighted by molar-refractivity contribution is 0.414. The van der Waals surface area contributed by atoms with Crippen LogP contribution < -0.4 is 10.2 Å². The van der Waals surface area contributed by atoms with Gasteiger partial charge in [0, 0.05) is 11.1 Å². The number of amidine groups is 1. The van der Waals surface area contributed by atoms with E-state index in [1.807, 2.05) is 48.5 Å². The number of hydrogen-bond acceptors (Lipinski definition) is 3. The fourth-order valence-electron chi connectivity index (χ4n) is 2.56. The fraction of sp³-hybridized carbons (Fsp3) is 0.0588. The number of nitrogens with one attached hydrogen (secondary N) is 1. The number of aliphatic imine (C=N–C) groups is 1. The van der Waals surface area contributed by atoms with Crippen molar-refractivity contribution in [2.75, 3.05) is 7.11 Å². The Labute approximate surface area is 122 Å². The van der Waals surface area contributed by atoms with Gasteiger partial charge in [-0.1, -0.05) is 18.2 Å². The standard InChI is InChI=1S/C17H13N3O/c1-21-13-7-8-14-11(9-13)10-15-16(14)19-20-17(15)18-12-5-3-2-4-6-12/h2-10H,1H3,(H,18,20). The van der Waals surface area contributed by atoms with Gasteiger partial charge in [-0.25, -0.2) is 4.99 Å². The molecule has 0 fully saturated rings. The first kappa shape index (κ1) is 11.9. The largest absolute Gasteiger partial charge is 0.497 e. The summed E-state index contributed by atoms with van der Waals surface area (Å²) in [6, 6.07) is 15.9. The average molecular weight is 275 g/mol. The van der Waals surface area contributed by atoms with Crippen LogP contribution in [0.4, 0.5) is 5.69 Å². The molecule has 4 heteroatoms. The first-order valence-electron chi connectivity index (χ1n) is 6.73. The van der Waals surface area contributed by atoms with Gasteiger partial charge >= 0.3 is 0 Å². The van der Waals surface area contributed by atoms with Crippen LogP contribution in [0.15, 0.2) is 64.2 Å². The van der Waals surface area contributed by atoms with Crippen molar-refractivity contribution >= 4 is 23.3 Å². The first-order chi connectivity index (χ1) is 10.3. The monoisotopic (exact) mass is 275 g/mol. The number of nitrogens with zero attached hydrogens (tertiary/aromatic N) is 2. The third-order valence-corrected chi connectivity index (χ3v) is 3.59. The zero-order chi connectivity index (χ0) is 14.2. The normalized spacial score (nSPS) is 16.9. The van der Waals surface area contributed by atoms with Crippen LogP contribution >= 0.6 is 0 Å². The highest BCUT2D eigenvalue weighted by atomic mass is 16.5. The van der Waals surface area contributed by atoms with Crippen molar-refractivity contribution in [1.82, 2.24) is 5.43 Å². The second kappa shape index (κ2) is 4.59. The van der Waals surface area contributed by atoms with E-state index >= 15 is 0 Å². The maximum atomic E-state index is 5.27. The highest BCUT2D eigenvalue weighted by Gasteiger charge is 2.29. The molecule has 4 nitrogen and oxygen atoms in total. The summed E-state index contributed by atoms with van der Waals surface area (Å²) in [7, 11) is 1.67. The Morgan fingerprint density at radius 3 is 2.76 bits per heavy atom. The van der Waals surface area contributed by atoms with Gasteiger partial charge in [-0.2, -0.15) is 5.10 Å². The van der Waals surface area contributed by atoms with Crippen molar-refractivity contribution in [2.45, 2.75) is 0 Å². The molecule has 0 bridgehead atoms. The van der Waals surface area contributed by atoms with Gasteiger partial charge < -0.3 is 4.74 Å². The molecule has 102 valence electrons. The number of para-hydroxylation sites is 1. The van der Waals surface area contributed by atoms with Crippen molar-refractivity contribution in [1.29, 1.82) is 0 Å². The van der Waals surface area contributed by atoms with E-state index in [0.717, 1.165) is 39.7 Å². The Kier molecular flexibility index (Phi) is 2.60. The summed E-state index contributed by atoms with van der Waals surface area (Å²) in [6.07, 6.45) is 2.10. The Morgan fingerprint density at radius 1 is 1.10 bits per heavy atom. The van der Waals surface area contributed by atoms with E-state index in [4.69, 9.17) is 4.74 Å². The number of ether oxygens (including phenoxy) is 1. The molecule has 4 rings (SSSR count). The second-order valence-electron chi connectivity index (χ2n) is 4.88. The third-order valence-electron chi connectivity index (χ3n) is 3.59. The summed E-state index contributed by atoms with van der Waals surface area (Å²) in [5.74, 6) is 1.63. The summed E-state index contributed by atoms with van der Waals surface area (Å²) in [5.41, 5.74) is 8.12. The van der Waals surface area contributed by atoms with Crippen LogP contribution in [0.2, 0.25) is 0 Å². The highest BCUT2D eigenvalue weighted by Crippen LogP contribution is 2.32. The molecular formula is C17H13N3O. The molecule has 1 aliphatic carbocycles. The number of hydrogen-bond donors (Lipinski definition) is 1. The minimum absolute atomic E-state index is 0.784. The molecule has 0 saturated heterocycles. The molecule has 0 atom stereocenters. The van der Waals surface area contributed by atoms with Gasteiger partial charge in [0.15, 0.2) is 5.84 Å². The minimum Gasteiger partial charge on any atom is -0.497 e. The third kappa shape index (κ3) is 1.92. The fourth-order valence-corrected chi connectivity index (χ4v) is 2.56. The van der Waals surface area contributed by atoms with Crippen molar-refractivity contribution in [3.8, 4) is 5.75 Å². The van der Waals surface area contributed by atoms with E-state index < -0.39 is 0 Å². The van der Waals surface area contributed by atoms with Crippen LogP contribution in [0.5, 0.6) is 5.75 Å². The van der Waals surface area contributed by atoms with E-state index in [-0.39, 0.29) is 0 Å². The van der Waals surface area contributed by atoms with E-state index in [1.54, 1.807) is 7.11 Å². The van der Waals surface area contributed by atoms with Gasteiger partial charge in [-0.15, -0.1) is 0 Å². The highest BCUT2D eigenvalue weighted by molar-refractivity contribution is 6.38. The number of rotatable bonds is 2. The maximum Gasteiger partial charge on any atom is 0.156 e. The lowest BCUT2D eigenvalue weighted by Crippen LogP contribution is -2.12. The average Bonchev–Trinajstić information content (AvgIpc) is 3.07. The topological polar surface area (TPSA) is 46.0 Å². The number of fused-ring (bicyclic) bond motifs is 3. The molecule has 1 heterocycles. The molecule has 1 N–H and O–H groups in total. The van der Waals surface area contributed by atoms with Crippen LogP contribution in [0.25, 0.3) is 6.08 Å². The SMILES string of the molecule is COc1ccc2c(c1)C=C1C(=Nc3ccccc3)NN=C12. The molecule has 0 aromatic heterocycles. The van der Waals surface area contributed by atoms with E-state index in [0.29, 0.717) is 0 Å². The van der Waals surface area contributed by atoms with Crippen LogP contribution in [-0.2, 0) is 0 Å². The van der Waals surface area contributed by atoms with Gasteiger partial charge in [0.1, 0.15) is 11.5 Å². The molecule has 0 radical (unpaired) electrons. The predicted molar refractivity (Wildman–Crippen MR) is 84.2 cm³/mol. The smallest absolute Gasteiger partial charge is 0.156 e. The number of methoxy groups -OCH3 is 1. The van der Waals surface area contributed by atoms with Crippen LogP contribution in [0.3, 0.4) is 0 Å². The molecule has 0 amide bonds. The quantitative estimate of drug-likeness (QED) is 0.915. The Balaban J connectivity index is 1.75. The Bertz CT molecular complexity index is 804. The maximum absolute atomic E-state index is 5.27.